The second-order valence-electron chi connectivity index (χ2n) is 9.08. The van der Waals surface area contributed by atoms with Gasteiger partial charge < -0.3 is 5.32 Å². The van der Waals surface area contributed by atoms with Gasteiger partial charge in [0.25, 0.3) is 5.91 Å². The van der Waals surface area contributed by atoms with Crippen molar-refractivity contribution in [2.45, 2.75) is 64.3 Å². The summed E-state index contributed by atoms with van der Waals surface area (Å²) in [6.07, 6.45) is 7.75. The van der Waals surface area contributed by atoms with Crippen LogP contribution in [0.2, 0.25) is 0 Å². The van der Waals surface area contributed by atoms with Gasteiger partial charge >= 0.3 is 0 Å². The molecule has 5 heteroatoms. The van der Waals surface area contributed by atoms with Gasteiger partial charge in [-0.1, -0.05) is 17.7 Å². The maximum atomic E-state index is 12.6. The minimum absolute atomic E-state index is 0.0251. The lowest BCUT2D eigenvalue weighted by Gasteiger charge is -2.56. The normalized spacial score (nSPS) is 31.6. The van der Waals surface area contributed by atoms with E-state index >= 15 is 0 Å². The quantitative estimate of drug-likeness (QED) is 0.617. The highest BCUT2D eigenvalue weighted by Crippen LogP contribution is 2.55. The maximum Gasteiger partial charge on any atom is 0.271 e. The van der Waals surface area contributed by atoms with Gasteiger partial charge in [-0.25, -0.2) is 5.43 Å². The highest BCUT2D eigenvalue weighted by molar-refractivity contribution is 6.01. The van der Waals surface area contributed by atoms with E-state index in [9.17, 15) is 9.59 Å². The zero-order valence-electron chi connectivity index (χ0n) is 16.3. The number of rotatable bonds is 5. The zero-order chi connectivity index (χ0) is 19.0. The van der Waals surface area contributed by atoms with E-state index in [1.807, 2.05) is 19.1 Å². The molecule has 1 aromatic carbocycles. The minimum atomic E-state index is -0.254. The molecule has 4 aliphatic rings. The third-order valence-corrected chi connectivity index (χ3v) is 6.52. The molecule has 144 valence electrons. The van der Waals surface area contributed by atoms with Gasteiger partial charge in [-0.05, 0) is 82.3 Å². The molecule has 2 N–H and O–H groups in total. The lowest BCUT2D eigenvalue weighted by molar-refractivity contribution is -0.125. The van der Waals surface area contributed by atoms with Crippen LogP contribution >= 0.6 is 0 Å². The second-order valence-corrected chi connectivity index (χ2v) is 9.08. The Bertz CT molecular complexity index is 731. The predicted molar refractivity (Wildman–Crippen MR) is 105 cm³/mol. The summed E-state index contributed by atoms with van der Waals surface area (Å²) in [6.45, 7) is 3.76. The summed E-state index contributed by atoms with van der Waals surface area (Å²) < 4.78 is 0. The van der Waals surface area contributed by atoms with E-state index in [0.717, 1.165) is 42.6 Å². The van der Waals surface area contributed by atoms with Crippen LogP contribution in [0.4, 0.5) is 0 Å². The molecule has 0 radical (unpaired) electrons. The van der Waals surface area contributed by atoms with Crippen molar-refractivity contribution in [1.82, 2.24) is 10.7 Å². The molecule has 0 spiro atoms. The Kier molecular flexibility index (Phi) is 4.79. The number of hydrogen-bond donors (Lipinski definition) is 2. The van der Waals surface area contributed by atoms with Crippen molar-refractivity contribution in [3.63, 3.8) is 0 Å². The van der Waals surface area contributed by atoms with Gasteiger partial charge in [0, 0.05) is 16.8 Å². The van der Waals surface area contributed by atoms with Crippen LogP contribution in [0.1, 0.15) is 67.8 Å². The van der Waals surface area contributed by atoms with Crippen LogP contribution in [-0.4, -0.2) is 23.1 Å². The summed E-state index contributed by atoms with van der Waals surface area (Å²) in [6, 6.07) is 7.33. The Balaban J connectivity index is 1.31. The van der Waals surface area contributed by atoms with Gasteiger partial charge in [0.15, 0.2) is 0 Å². The number of hydrazone groups is 1. The van der Waals surface area contributed by atoms with E-state index in [-0.39, 0.29) is 23.8 Å². The smallest absolute Gasteiger partial charge is 0.271 e. The van der Waals surface area contributed by atoms with Gasteiger partial charge in [0.05, 0.1) is 6.42 Å². The molecular weight excluding hydrogens is 338 g/mol. The Morgan fingerprint density at radius 2 is 1.59 bits per heavy atom. The lowest BCUT2D eigenvalue weighted by Crippen LogP contribution is -2.60. The molecule has 0 saturated heterocycles. The first-order valence-electron chi connectivity index (χ1n) is 10.1. The SMILES string of the molecule is CC(CC(=O)NC12CC3CC(CC(C3)C1)C2)=NNC(=O)c1ccc(C)cc1. The highest BCUT2D eigenvalue weighted by atomic mass is 16.2. The van der Waals surface area contributed by atoms with Crippen LogP contribution in [0.3, 0.4) is 0 Å². The second kappa shape index (κ2) is 7.10. The molecule has 27 heavy (non-hydrogen) atoms. The van der Waals surface area contributed by atoms with E-state index in [1.165, 1.54) is 19.3 Å². The molecule has 4 saturated carbocycles. The molecule has 2 amide bonds. The Morgan fingerprint density at radius 1 is 1.04 bits per heavy atom. The Labute approximate surface area is 161 Å². The fourth-order valence-electron chi connectivity index (χ4n) is 5.79. The molecule has 5 rings (SSSR count). The number of benzene rings is 1. The van der Waals surface area contributed by atoms with Crippen LogP contribution in [0.25, 0.3) is 0 Å². The molecule has 0 aliphatic heterocycles. The fourth-order valence-corrected chi connectivity index (χ4v) is 5.79. The minimum Gasteiger partial charge on any atom is -0.350 e. The van der Waals surface area contributed by atoms with Crippen molar-refractivity contribution in [2.24, 2.45) is 22.9 Å². The summed E-state index contributed by atoms with van der Waals surface area (Å²) in [5.74, 6) is 2.19. The largest absolute Gasteiger partial charge is 0.350 e. The average Bonchev–Trinajstić information content (AvgIpc) is 2.58. The van der Waals surface area contributed by atoms with Crippen LogP contribution in [0.15, 0.2) is 29.4 Å². The van der Waals surface area contributed by atoms with Crippen molar-refractivity contribution in [3.8, 4) is 0 Å². The van der Waals surface area contributed by atoms with Crippen molar-refractivity contribution in [1.29, 1.82) is 0 Å². The molecular formula is C22H29N3O2. The molecule has 0 heterocycles. The van der Waals surface area contributed by atoms with Gasteiger partial charge in [-0.15, -0.1) is 0 Å². The van der Waals surface area contributed by atoms with E-state index in [2.05, 4.69) is 15.8 Å². The van der Waals surface area contributed by atoms with E-state index in [4.69, 9.17) is 0 Å². The summed E-state index contributed by atoms with van der Waals surface area (Å²) >= 11 is 0. The first-order valence-corrected chi connectivity index (χ1v) is 10.1. The molecule has 0 aromatic heterocycles. The number of nitrogens with zero attached hydrogens (tertiary/aromatic N) is 1. The molecule has 1 aromatic rings. The van der Waals surface area contributed by atoms with Crippen molar-refractivity contribution in [2.75, 3.05) is 0 Å². The molecule has 4 bridgehead atoms. The van der Waals surface area contributed by atoms with Crippen LogP contribution in [0, 0.1) is 24.7 Å². The van der Waals surface area contributed by atoms with Gasteiger partial charge in [0.2, 0.25) is 5.91 Å². The molecule has 4 fully saturated rings. The standard InChI is InChI=1S/C22H29N3O2/c1-14-3-5-19(6-4-14)21(27)25-24-15(2)7-20(26)23-22-11-16-8-17(12-22)10-18(9-16)13-22/h3-6,16-18H,7-13H2,1-2H3,(H,23,26)(H,25,27). The monoisotopic (exact) mass is 367 g/mol. The maximum absolute atomic E-state index is 12.6. The Morgan fingerprint density at radius 3 is 2.15 bits per heavy atom. The summed E-state index contributed by atoms with van der Waals surface area (Å²) in [4.78, 5) is 24.7. The average molecular weight is 367 g/mol. The summed E-state index contributed by atoms with van der Waals surface area (Å²) in [5.41, 5.74) is 4.87. The van der Waals surface area contributed by atoms with Gasteiger partial charge in [-0.3, -0.25) is 9.59 Å². The third-order valence-electron chi connectivity index (χ3n) is 6.52. The topological polar surface area (TPSA) is 70.6 Å². The van der Waals surface area contributed by atoms with Crippen molar-refractivity contribution < 1.29 is 9.59 Å². The Hall–Kier alpha value is -2.17. The van der Waals surface area contributed by atoms with E-state index in [1.54, 1.807) is 19.1 Å². The predicted octanol–water partition coefficient (Wildman–Crippen LogP) is 3.58. The third kappa shape index (κ3) is 4.07. The number of nitrogens with one attached hydrogen (secondary N) is 2. The zero-order valence-corrected chi connectivity index (χ0v) is 16.3. The van der Waals surface area contributed by atoms with Crippen LogP contribution in [0.5, 0.6) is 0 Å². The lowest BCUT2D eigenvalue weighted by atomic mass is 9.53. The molecule has 4 aliphatic carbocycles. The van der Waals surface area contributed by atoms with Crippen LogP contribution < -0.4 is 10.7 Å². The first kappa shape index (κ1) is 18.2. The number of amides is 2. The highest BCUT2D eigenvalue weighted by Gasteiger charge is 2.51. The first-order chi connectivity index (χ1) is 12.9. The van der Waals surface area contributed by atoms with Crippen molar-refractivity contribution >= 4 is 17.5 Å². The summed E-state index contributed by atoms with van der Waals surface area (Å²) in [5, 5.41) is 7.46. The fraction of sp³-hybridized carbons (Fsp3) is 0.591. The number of hydrogen-bond acceptors (Lipinski definition) is 3. The number of carbonyl (C=O) groups is 2. The van der Waals surface area contributed by atoms with Crippen molar-refractivity contribution in [3.05, 3.63) is 35.4 Å². The molecule has 0 unspecified atom stereocenters. The van der Waals surface area contributed by atoms with Crippen LogP contribution in [-0.2, 0) is 4.79 Å². The number of carbonyl (C=O) groups excluding carboxylic acids is 2. The van der Waals surface area contributed by atoms with Gasteiger partial charge in [-0.2, -0.15) is 5.10 Å². The molecule has 0 atom stereocenters. The number of aryl methyl sites for hydroxylation is 1. The molecule has 5 nitrogen and oxygen atoms in total. The summed E-state index contributed by atoms with van der Waals surface area (Å²) in [7, 11) is 0. The van der Waals surface area contributed by atoms with E-state index < -0.39 is 0 Å². The van der Waals surface area contributed by atoms with E-state index in [0.29, 0.717) is 11.3 Å². The van der Waals surface area contributed by atoms with Gasteiger partial charge in [0.1, 0.15) is 0 Å².